The standard InChI is InChI=1S/C16H16F3N7O2.C12H18N6O.C10H10F3N5.C6H8N2O3.C3H6F3N/c1-9(16(17,18)19)26-8-20-23-13(26)11-5-4-6-12(21-11)22-14(27)10-7-25(2)24-15(10)28-3;1-17(2)8-13-11-7-5-6-10(15-11)12(19)16-14-9-18(3)4;1-6(10(11,12)13)18-5-15-17-9(18)7-3-2-4-8(14)16-7;1-8-3-4(6(9)10)5(7-8)11-2;1-2(7)3(4,5)6/h4-9H,1-3H3,(H,21,22,27);5-9H,1-4H3,(H,16,19);2-6H,1H3,(H2,14,16);3H,1-2H3,(H,9,10);2H,7H2,1H3/b;13-8?,14-9+;;;/t9-;;6-;;2-/m0.0.0/s1. The number of carboxylic acids is 1. The lowest BCUT2D eigenvalue weighted by Crippen LogP contribution is -2.33. The van der Waals surface area contributed by atoms with Crippen molar-refractivity contribution in [2.45, 2.75) is 57.4 Å². The fourth-order valence-electron chi connectivity index (χ4n) is 5.72. The predicted molar refractivity (Wildman–Crippen MR) is 282 cm³/mol. The Balaban J connectivity index is 0.000000290. The second kappa shape index (κ2) is 30.2. The summed E-state index contributed by atoms with van der Waals surface area (Å²) in [6.07, 6.45) is -5.09. The van der Waals surface area contributed by atoms with Gasteiger partial charge >= 0.3 is 24.5 Å². The lowest BCUT2D eigenvalue weighted by molar-refractivity contribution is -0.163. The highest BCUT2D eigenvalue weighted by atomic mass is 19.4. The van der Waals surface area contributed by atoms with Gasteiger partial charge in [-0.2, -0.15) is 44.6 Å². The number of aliphatic imine (C=N–C) groups is 1. The topological polar surface area (TPSA) is 333 Å². The first kappa shape index (κ1) is 67.5. The van der Waals surface area contributed by atoms with Gasteiger partial charge in [-0.25, -0.2) is 30.2 Å². The van der Waals surface area contributed by atoms with Crippen LogP contribution in [0.2, 0.25) is 0 Å². The average Bonchev–Trinajstić information content (AvgIpc) is 4.32. The summed E-state index contributed by atoms with van der Waals surface area (Å²) in [6, 6.07) is 8.95. The van der Waals surface area contributed by atoms with Crippen LogP contribution in [0.15, 0.2) is 89.7 Å². The van der Waals surface area contributed by atoms with Gasteiger partial charge in [-0.1, -0.05) is 18.2 Å². The van der Waals surface area contributed by atoms with Gasteiger partial charge in [0.1, 0.15) is 70.9 Å². The molecule has 36 heteroatoms. The molecule has 0 unspecified atom stereocenters. The zero-order valence-electron chi connectivity index (χ0n) is 46.0. The van der Waals surface area contributed by atoms with Crippen molar-refractivity contribution < 1.29 is 68.5 Å². The molecule has 7 rings (SSSR count). The van der Waals surface area contributed by atoms with E-state index in [9.17, 15) is 53.9 Å². The number of ether oxygens (including phenoxy) is 2. The van der Waals surface area contributed by atoms with Crippen LogP contribution in [0, 0.1) is 0 Å². The van der Waals surface area contributed by atoms with E-state index >= 15 is 0 Å². The van der Waals surface area contributed by atoms with Gasteiger partial charge in [0.05, 0.1) is 26.6 Å². The largest absolute Gasteiger partial charge is 0.479 e. The molecular weight excluding hydrogens is 1130 g/mol. The first-order valence-corrected chi connectivity index (χ1v) is 23.5. The number of nitrogens with zero attached hydrogens (tertiary/aromatic N) is 17. The van der Waals surface area contributed by atoms with Gasteiger partial charge < -0.3 is 50.3 Å². The molecule has 0 spiro atoms. The molecule has 450 valence electrons. The van der Waals surface area contributed by atoms with E-state index in [1.807, 2.05) is 28.2 Å². The molecule has 0 saturated carbocycles. The van der Waals surface area contributed by atoms with Crippen molar-refractivity contribution in [1.29, 1.82) is 0 Å². The third kappa shape index (κ3) is 21.3. The third-order valence-corrected chi connectivity index (χ3v) is 9.96. The Hall–Kier alpha value is -9.77. The molecule has 0 aliphatic heterocycles. The first-order chi connectivity index (χ1) is 38.7. The van der Waals surface area contributed by atoms with Gasteiger partial charge in [0.2, 0.25) is 11.8 Å². The molecule has 0 aromatic carbocycles. The quantitative estimate of drug-likeness (QED) is 0.0357. The van der Waals surface area contributed by atoms with Crippen molar-refractivity contribution in [3.8, 4) is 34.8 Å². The summed E-state index contributed by atoms with van der Waals surface area (Å²) in [5.74, 6) is -0.890. The summed E-state index contributed by atoms with van der Waals surface area (Å²) in [4.78, 5) is 54.5. The number of halogens is 9. The lowest BCUT2D eigenvalue weighted by atomic mass is 10.2. The Bertz CT molecular complexity index is 3260. The van der Waals surface area contributed by atoms with Crippen molar-refractivity contribution in [3.63, 3.8) is 0 Å². The van der Waals surface area contributed by atoms with Gasteiger partial charge in [0.15, 0.2) is 17.5 Å². The number of aryl methyl sites for hydroxylation is 2. The maximum absolute atomic E-state index is 13.0. The highest BCUT2D eigenvalue weighted by molar-refractivity contribution is 6.05. The second-order valence-electron chi connectivity index (χ2n) is 17.2. The van der Waals surface area contributed by atoms with Gasteiger partial charge in [0, 0.05) is 54.7 Å². The minimum Gasteiger partial charge on any atom is -0.479 e. The number of methoxy groups -OCH3 is 2. The summed E-state index contributed by atoms with van der Waals surface area (Å²) in [5.41, 5.74) is 13.2. The minimum absolute atomic E-state index is 0.0344. The van der Waals surface area contributed by atoms with E-state index in [-0.39, 0.29) is 69.2 Å². The maximum Gasteiger partial charge on any atom is 0.408 e. The number of aromatic nitrogens is 13. The molecular formula is C47H58F9N21O6. The molecule has 0 aliphatic rings. The average molecular weight is 1180 g/mol. The van der Waals surface area contributed by atoms with Crippen molar-refractivity contribution in [2.24, 2.45) is 29.9 Å². The van der Waals surface area contributed by atoms with Crippen LogP contribution < -0.4 is 31.7 Å². The predicted octanol–water partition coefficient (Wildman–Crippen LogP) is 6.06. The second-order valence-corrected chi connectivity index (χ2v) is 17.2. The zero-order chi connectivity index (χ0) is 62.6. The first-order valence-electron chi connectivity index (χ1n) is 23.5. The number of alkyl halides is 9. The molecule has 27 nitrogen and oxygen atoms in total. The molecule has 2 amide bonds. The number of hydrazone groups is 1. The molecule has 7 aromatic heterocycles. The van der Waals surface area contributed by atoms with E-state index in [0.717, 1.165) is 42.6 Å². The number of aromatic carboxylic acids is 1. The molecule has 0 saturated heterocycles. The van der Waals surface area contributed by atoms with E-state index in [0.29, 0.717) is 5.82 Å². The molecule has 0 fully saturated rings. The number of hydrogen-bond acceptors (Lipinski definition) is 18. The monoisotopic (exact) mass is 1180 g/mol. The van der Waals surface area contributed by atoms with E-state index in [1.54, 1.807) is 54.5 Å². The summed E-state index contributed by atoms with van der Waals surface area (Å²) < 4.78 is 125. The Morgan fingerprint density at radius 2 is 1.14 bits per heavy atom. The van der Waals surface area contributed by atoms with E-state index in [2.05, 4.69) is 72.1 Å². The fourth-order valence-corrected chi connectivity index (χ4v) is 5.72. The Labute approximate surface area is 466 Å². The van der Waals surface area contributed by atoms with E-state index < -0.39 is 48.5 Å². The van der Waals surface area contributed by atoms with Crippen molar-refractivity contribution >= 4 is 47.9 Å². The molecule has 7 N–H and O–H groups in total. The number of carboxylic acid groups (broad SMARTS) is 1. The van der Waals surface area contributed by atoms with Crippen LogP contribution in [0.1, 0.15) is 64.1 Å². The van der Waals surface area contributed by atoms with Crippen LogP contribution in [0.3, 0.4) is 0 Å². The number of amides is 2. The van der Waals surface area contributed by atoms with Crippen LogP contribution >= 0.6 is 0 Å². The SMILES string of the molecule is CN(C)C=Nc1cccc(C(=O)N/N=C/N(C)C)n1.COc1nn(C)cc1C(=O)Nc1cccc(-c2nncn2[C@@H](C)C(F)(F)F)n1.COc1nn(C)cc1C(=O)O.C[C@H](N)C(F)(F)F.C[C@H](n1cnnc1-c1cccc(N)n1)C(F)(F)F. The van der Waals surface area contributed by atoms with Crippen LogP contribution in [0.4, 0.5) is 57.0 Å². The van der Waals surface area contributed by atoms with Crippen molar-refractivity contribution in [1.82, 2.24) is 79.3 Å². The molecule has 0 aliphatic carbocycles. The number of carbonyl (C=O) groups is 3. The smallest absolute Gasteiger partial charge is 0.408 e. The number of carbonyl (C=O) groups excluding carboxylic acids is 2. The van der Waals surface area contributed by atoms with Crippen LogP contribution in [0.25, 0.3) is 23.0 Å². The van der Waals surface area contributed by atoms with Crippen LogP contribution in [0.5, 0.6) is 11.8 Å². The van der Waals surface area contributed by atoms with Crippen LogP contribution in [-0.4, -0.2) is 176 Å². The number of nitrogen functional groups attached to an aromatic ring is 1. The van der Waals surface area contributed by atoms with Gasteiger partial charge in [0.25, 0.3) is 11.8 Å². The summed E-state index contributed by atoms with van der Waals surface area (Å²) in [7, 11) is 13.4. The molecule has 7 heterocycles. The highest BCUT2D eigenvalue weighted by Gasteiger charge is 2.40. The molecule has 83 heavy (non-hydrogen) atoms. The van der Waals surface area contributed by atoms with Crippen molar-refractivity contribution in [2.75, 3.05) is 53.5 Å². The van der Waals surface area contributed by atoms with Gasteiger partial charge in [-0.15, -0.1) is 30.6 Å². The molecule has 0 bridgehead atoms. The summed E-state index contributed by atoms with van der Waals surface area (Å²) in [6.45, 7) is 2.92. The normalized spacial score (nSPS) is 12.4. The maximum atomic E-state index is 13.0. The van der Waals surface area contributed by atoms with E-state index in [4.69, 9.17) is 20.3 Å². The number of hydrogen-bond donors (Lipinski definition) is 5. The summed E-state index contributed by atoms with van der Waals surface area (Å²) in [5, 5.41) is 37.1. The van der Waals surface area contributed by atoms with Crippen LogP contribution in [-0.2, 0) is 14.1 Å². The van der Waals surface area contributed by atoms with Gasteiger partial charge in [-0.05, 0) is 57.2 Å². The number of anilines is 2. The zero-order valence-corrected chi connectivity index (χ0v) is 46.0. The third-order valence-electron chi connectivity index (χ3n) is 9.96. The number of rotatable bonds is 14. The number of pyridine rings is 3. The number of nitrogens with one attached hydrogen (secondary N) is 2. The van der Waals surface area contributed by atoms with Crippen molar-refractivity contribution in [3.05, 3.63) is 96.5 Å². The number of nitrogens with two attached hydrogens (primary N) is 2. The molecule has 3 atom stereocenters. The molecule has 7 aromatic rings. The fraction of sp³-hybridized carbons (Fsp3) is 0.362. The lowest BCUT2D eigenvalue weighted by Gasteiger charge is -2.18. The molecule has 0 radical (unpaired) electrons. The Kier molecular flexibility index (Phi) is 24.5. The minimum atomic E-state index is -4.47. The Morgan fingerprint density at radius 1 is 0.675 bits per heavy atom. The summed E-state index contributed by atoms with van der Waals surface area (Å²) >= 11 is 0. The van der Waals surface area contributed by atoms with Gasteiger partial charge in [-0.3, -0.25) is 19.0 Å². The Morgan fingerprint density at radius 3 is 1.59 bits per heavy atom. The highest BCUT2D eigenvalue weighted by Crippen LogP contribution is 2.34. The van der Waals surface area contributed by atoms with E-state index in [1.165, 1.54) is 72.6 Å².